The smallest absolute Gasteiger partial charge is 0.161 e. The van der Waals surface area contributed by atoms with E-state index in [9.17, 15) is 18.3 Å². The van der Waals surface area contributed by atoms with Crippen LogP contribution >= 0.6 is 0 Å². The normalized spacial score (nSPS) is 23.9. The van der Waals surface area contributed by atoms with Gasteiger partial charge in [-0.15, -0.1) is 0 Å². The Morgan fingerprint density at radius 3 is 2.07 bits per heavy atom. The van der Waals surface area contributed by atoms with Crippen molar-refractivity contribution in [1.82, 2.24) is 0 Å². The highest BCUT2D eigenvalue weighted by atomic mass is 32.2. The highest BCUT2D eigenvalue weighted by molar-refractivity contribution is 7.91. The van der Waals surface area contributed by atoms with Crippen molar-refractivity contribution < 1.29 is 23.2 Å². The molecule has 1 fully saturated rings. The predicted octanol–water partition coefficient (Wildman–Crippen LogP) is -2.93. The van der Waals surface area contributed by atoms with Crippen molar-refractivity contribution >= 4 is 15.8 Å². The number of nitrogens with one attached hydrogen (secondary N) is 1. The third-order valence-electron chi connectivity index (χ3n) is 2.83. The zero-order chi connectivity index (χ0) is 11.6. The summed E-state index contributed by atoms with van der Waals surface area (Å²) >= 11 is 0. The van der Waals surface area contributed by atoms with E-state index < -0.39 is 21.8 Å². The Labute approximate surface area is 90.0 Å². The van der Waals surface area contributed by atoms with Gasteiger partial charge in [-0.1, -0.05) is 13.8 Å². The van der Waals surface area contributed by atoms with Gasteiger partial charge in [-0.05, 0) is 0 Å². The number of carboxylic acid groups (broad SMARTS) is 1. The van der Waals surface area contributed by atoms with E-state index in [0.29, 0.717) is 13.1 Å². The van der Waals surface area contributed by atoms with Crippen LogP contribution in [0.25, 0.3) is 0 Å². The molecule has 0 spiro atoms. The van der Waals surface area contributed by atoms with Crippen LogP contribution in [0.3, 0.4) is 0 Å². The molecule has 0 saturated carbocycles. The van der Waals surface area contributed by atoms with Gasteiger partial charge in [0, 0.05) is 5.92 Å². The van der Waals surface area contributed by atoms with Gasteiger partial charge in [0.15, 0.2) is 9.84 Å². The van der Waals surface area contributed by atoms with E-state index in [0.717, 1.165) is 4.90 Å². The lowest BCUT2D eigenvalue weighted by Gasteiger charge is -2.34. The summed E-state index contributed by atoms with van der Waals surface area (Å²) in [4.78, 5) is 11.7. The minimum Gasteiger partial charge on any atom is -0.544 e. The fourth-order valence-electron chi connectivity index (χ4n) is 2.02. The number of quaternary nitrogens is 1. The van der Waals surface area contributed by atoms with Crippen LogP contribution in [-0.2, 0) is 14.6 Å². The quantitative estimate of drug-likeness (QED) is 0.568. The Kier molecular flexibility index (Phi) is 3.72. The van der Waals surface area contributed by atoms with Crippen molar-refractivity contribution in [2.45, 2.75) is 19.9 Å². The molecule has 1 saturated heterocycles. The second kappa shape index (κ2) is 4.49. The molecule has 1 heterocycles. The molecule has 88 valence electrons. The lowest BCUT2D eigenvalue weighted by Crippen LogP contribution is -3.20. The zero-order valence-corrected chi connectivity index (χ0v) is 9.84. The first-order chi connectivity index (χ1) is 6.83. The van der Waals surface area contributed by atoms with E-state index in [1.807, 2.05) is 13.8 Å². The van der Waals surface area contributed by atoms with E-state index in [1.165, 1.54) is 0 Å². The number of sulfone groups is 1. The minimum atomic E-state index is -2.93. The molecule has 6 heteroatoms. The second-order valence-corrected chi connectivity index (χ2v) is 6.65. The molecule has 1 aliphatic heterocycles. The van der Waals surface area contributed by atoms with Gasteiger partial charge in [-0.25, -0.2) is 8.42 Å². The molecule has 15 heavy (non-hydrogen) atoms. The summed E-state index contributed by atoms with van der Waals surface area (Å²) in [6, 6.07) is -0.597. The number of carbonyl (C=O) groups is 1. The van der Waals surface area contributed by atoms with Crippen LogP contribution in [-0.4, -0.2) is 45.0 Å². The lowest BCUT2D eigenvalue weighted by atomic mass is 10.0. The first-order valence-electron chi connectivity index (χ1n) is 5.09. The van der Waals surface area contributed by atoms with E-state index in [2.05, 4.69) is 0 Å². The molecule has 0 amide bonds. The van der Waals surface area contributed by atoms with Crippen molar-refractivity contribution in [2.24, 2.45) is 5.92 Å². The molecule has 1 N–H and O–H groups in total. The van der Waals surface area contributed by atoms with Crippen molar-refractivity contribution in [3.63, 3.8) is 0 Å². The third kappa shape index (κ3) is 3.17. The molecule has 1 aliphatic rings. The monoisotopic (exact) mass is 235 g/mol. The number of hydrogen-bond donors (Lipinski definition) is 1. The Morgan fingerprint density at radius 1 is 1.27 bits per heavy atom. The molecule has 1 atom stereocenters. The average Bonchev–Trinajstić information content (AvgIpc) is 2.07. The molecule has 0 bridgehead atoms. The summed E-state index contributed by atoms with van der Waals surface area (Å²) in [6.07, 6.45) is 0. The SMILES string of the molecule is CC(C)[C@H](C(=O)[O-])[NH+]1CCS(=O)(=O)CC1. The molecule has 0 aromatic heterocycles. The summed E-state index contributed by atoms with van der Waals surface area (Å²) in [7, 11) is -2.93. The molecule has 1 rings (SSSR count). The first kappa shape index (κ1) is 12.4. The molecule has 0 aliphatic carbocycles. The van der Waals surface area contributed by atoms with E-state index >= 15 is 0 Å². The Hall–Kier alpha value is -0.620. The molecular weight excluding hydrogens is 218 g/mol. The maximum atomic E-state index is 11.2. The lowest BCUT2D eigenvalue weighted by molar-refractivity contribution is -0.918. The molecule has 0 aromatic carbocycles. The van der Waals surface area contributed by atoms with E-state index in [4.69, 9.17) is 0 Å². The van der Waals surface area contributed by atoms with Crippen LogP contribution in [0.5, 0.6) is 0 Å². The fourth-order valence-corrected chi connectivity index (χ4v) is 3.37. The zero-order valence-electron chi connectivity index (χ0n) is 9.02. The van der Waals surface area contributed by atoms with Gasteiger partial charge >= 0.3 is 0 Å². The molecule has 0 aromatic rings. The average molecular weight is 235 g/mol. The highest BCUT2D eigenvalue weighted by Crippen LogP contribution is 1.99. The van der Waals surface area contributed by atoms with Gasteiger partial charge in [0.1, 0.15) is 6.04 Å². The molecule has 0 unspecified atom stereocenters. The van der Waals surface area contributed by atoms with E-state index in [1.54, 1.807) is 0 Å². The maximum absolute atomic E-state index is 11.2. The van der Waals surface area contributed by atoms with E-state index in [-0.39, 0.29) is 17.4 Å². The van der Waals surface area contributed by atoms with Crippen LogP contribution in [0.2, 0.25) is 0 Å². The van der Waals surface area contributed by atoms with Crippen LogP contribution in [0.4, 0.5) is 0 Å². The number of hydrogen-bond acceptors (Lipinski definition) is 4. The Bertz CT molecular complexity index is 322. The second-order valence-electron chi connectivity index (χ2n) is 4.35. The molecule has 0 radical (unpaired) electrons. The summed E-state index contributed by atoms with van der Waals surface area (Å²) in [6.45, 7) is 4.38. The Balaban J connectivity index is 2.69. The van der Waals surface area contributed by atoms with Crippen LogP contribution < -0.4 is 10.0 Å². The first-order valence-corrected chi connectivity index (χ1v) is 6.91. The molecule has 5 nitrogen and oxygen atoms in total. The largest absolute Gasteiger partial charge is 0.544 e. The summed E-state index contributed by atoms with van der Waals surface area (Å²) in [5.41, 5.74) is 0. The number of aliphatic carboxylic acids is 1. The number of carbonyl (C=O) groups excluding carboxylic acids is 1. The van der Waals surface area contributed by atoms with Crippen molar-refractivity contribution in [3.8, 4) is 0 Å². The van der Waals surface area contributed by atoms with Crippen LogP contribution in [0, 0.1) is 5.92 Å². The van der Waals surface area contributed by atoms with Gasteiger partial charge < -0.3 is 14.8 Å². The van der Waals surface area contributed by atoms with Crippen molar-refractivity contribution in [1.29, 1.82) is 0 Å². The van der Waals surface area contributed by atoms with Crippen molar-refractivity contribution in [3.05, 3.63) is 0 Å². The predicted molar refractivity (Wildman–Crippen MR) is 53.0 cm³/mol. The molecular formula is C9H17NO4S. The van der Waals surface area contributed by atoms with Gasteiger partial charge in [0.2, 0.25) is 0 Å². The standard InChI is InChI=1S/C9H17NO4S/c1-7(2)8(9(11)12)10-3-5-15(13,14)6-4-10/h7-8H,3-6H2,1-2H3,(H,11,12)/t8-/m1/s1. The maximum Gasteiger partial charge on any atom is 0.161 e. The van der Waals surface area contributed by atoms with Gasteiger partial charge in [0.05, 0.1) is 30.6 Å². The highest BCUT2D eigenvalue weighted by Gasteiger charge is 2.32. The van der Waals surface area contributed by atoms with Crippen LogP contribution in [0.15, 0.2) is 0 Å². The van der Waals surface area contributed by atoms with Gasteiger partial charge in [0.25, 0.3) is 0 Å². The van der Waals surface area contributed by atoms with Crippen LogP contribution in [0.1, 0.15) is 13.8 Å². The van der Waals surface area contributed by atoms with Gasteiger partial charge in [-0.2, -0.15) is 0 Å². The third-order valence-corrected chi connectivity index (χ3v) is 4.48. The number of rotatable bonds is 3. The van der Waals surface area contributed by atoms with Gasteiger partial charge in [-0.3, -0.25) is 0 Å². The number of carboxylic acids is 1. The van der Waals surface area contributed by atoms with Crippen molar-refractivity contribution in [2.75, 3.05) is 24.6 Å². The topological polar surface area (TPSA) is 78.7 Å². The fraction of sp³-hybridized carbons (Fsp3) is 0.889. The Morgan fingerprint density at radius 2 is 1.73 bits per heavy atom. The summed E-state index contributed by atoms with van der Waals surface area (Å²) < 4.78 is 22.4. The summed E-state index contributed by atoms with van der Waals surface area (Å²) in [5, 5.41) is 10.9. The minimum absolute atomic E-state index is 0.0363. The summed E-state index contributed by atoms with van der Waals surface area (Å²) in [5.74, 6) is -0.956.